The molecule has 0 fully saturated rings. The van der Waals surface area contributed by atoms with E-state index < -0.39 is 0 Å². The molecule has 2 aromatic rings. The van der Waals surface area contributed by atoms with Crippen molar-refractivity contribution in [3.63, 3.8) is 0 Å². The van der Waals surface area contributed by atoms with Gasteiger partial charge in [0.25, 0.3) is 0 Å². The summed E-state index contributed by atoms with van der Waals surface area (Å²) < 4.78 is 1.68. The normalized spacial score (nSPS) is 12.7. The molecule has 1 N–H and O–H groups in total. The lowest BCUT2D eigenvalue weighted by Crippen LogP contribution is -2.23. The van der Waals surface area contributed by atoms with Gasteiger partial charge in [0, 0.05) is 18.4 Å². The molecule has 0 amide bonds. The van der Waals surface area contributed by atoms with Crippen LogP contribution in [0.3, 0.4) is 0 Å². The third-order valence-corrected chi connectivity index (χ3v) is 2.86. The van der Waals surface area contributed by atoms with Crippen LogP contribution in [0.15, 0.2) is 18.7 Å². The number of nitrogens with one attached hydrogen (secondary N) is 1. The molecule has 96 valence electrons. The first-order valence-corrected chi connectivity index (χ1v) is 6.10. The number of rotatable bonds is 4. The molecule has 1 atom stereocenters. The zero-order chi connectivity index (χ0) is 13.1. The number of halogens is 1. The second-order valence-corrected chi connectivity index (χ2v) is 4.71. The topological polar surface area (TPSA) is 68.5 Å². The van der Waals surface area contributed by atoms with Crippen LogP contribution in [-0.2, 0) is 0 Å². The molecule has 6 nitrogen and oxygen atoms in total. The molecule has 0 saturated carbocycles. The standard InChI is InChI=1S/C11H15ClN6/c1-7(2)8(3)14-10-15-9(12)16-11(17-10)18-5-4-13-6-18/h4-8H,1-3H3,(H,14,15,16,17). The van der Waals surface area contributed by atoms with Crippen molar-refractivity contribution in [2.24, 2.45) is 5.92 Å². The molecular weight excluding hydrogens is 252 g/mol. The second-order valence-electron chi connectivity index (χ2n) is 4.38. The zero-order valence-corrected chi connectivity index (χ0v) is 11.3. The lowest BCUT2D eigenvalue weighted by atomic mass is 10.1. The quantitative estimate of drug-likeness (QED) is 0.918. The van der Waals surface area contributed by atoms with Crippen molar-refractivity contribution in [1.82, 2.24) is 24.5 Å². The minimum absolute atomic E-state index is 0.159. The molecule has 0 aliphatic heterocycles. The number of imidazole rings is 1. The number of hydrogen-bond donors (Lipinski definition) is 1. The van der Waals surface area contributed by atoms with E-state index in [0.29, 0.717) is 17.8 Å². The summed E-state index contributed by atoms with van der Waals surface area (Å²) in [6, 6.07) is 0.249. The van der Waals surface area contributed by atoms with E-state index in [4.69, 9.17) is 11.6 Å². The Morgan fingerprint density at radius 3 is 2.61 bits per heavy atom. The lowest BCUT2D eigenvalue weighted by molar-refractivity contribution is 0.555. The third-order valence-electron chi connectivity index (χ3n) is 2.69. The Morgan fingerprint density at radius 2 is 2.00 bits per heavy atom. The second kappa shape index (κ2) is 5.30. The van der Waals surface area contributed by atoms with E-state index in [1.54, 1.807) is 23.3 Å². The summed E-state index contributed by atoms with van der Waals surface area (Å²) >= 11 is 5.89. The molecule has 2 rings (SSSR count). The van der Waals surface area contributed by atoms with Gasteiger partial charge in [-0.1, -0.05) is 13.8 Å². The highest BCUT2D eigenvalue weighted by Crippen LogP contribution is 2.12. The van der Waals surface area contributed by atoms with Crippen molar-refractivity contribution < 1.29 is 0 Å². The number of nitrogens with zero attached hydrogens (tertiary/aromatic N) is 5. The summed E-state index contributed by atoms with van der Waals surface area (Å²) in [5, 5.41) is 3.36. The van der Waals surface area contributed by atoms with Gasteiger partial charge in [-0.25, -0.2) is 4.98 Å². The van der Waals surface area contributed by atoms with Gasteiger partial charge in [0.05, 0.1) is 0 Å². The SMILES string of the molecule is CC(C)C(C)Nc1nc(Cl)nc(-n2ccnc2)n1. The minimum Gasteiger partial charge on any atom is -0.351 e. The van der Waals surface area contributed by atoms with Crippen LogP contribution in [0.5, 0.6) is 0 Å². The summed E-state index contributed by atoms with van der Waals surface area (Å²) in [5.41, 5.74) is 0. The Morgan fingerprint density at radius 1 is 1.22 bits per heavy atom. The highest BCUT2D eigenvalue weighted by molar-refractivity contribution is 6.28. The fraction of sp³-hybridized carbons (Fsp3) is 0.455. The Hall–Kier alpha value is -1.69. The Labute approximate surface area is 110 Å². The van der Waals surface area contributed by atoms with Crippen LogP contribution in [0.4, 0.5) is 5.95 Å². The molecule has 18 heavy (non-hydrogen) atoms. The van der Waals surface area contributed by atoms with Crippen molar-refractivity contribution in [2.45, 2.75) is 26.8 Å². The Bertz CT molecular complexity index is 510. The molecule has 0 aliphatic carbocycles. The number of anilines is 1. The molecule has 0 aliphatic rings. The predicted molar refractivity (Wildman–Crippen MR) is 69.9 cm³/mol. The summed E-state index contributed by atoms with van der Waals surface area (Å²) in [5.74, 6) is 1.39. The molecule has 0 radical (unpaired) electrons. The average molecular weight is 267 g/mol. The van der Waals surface area contributed by atoms with Crippen LogP contribution < -0.4 is 5.32 Å². The van der Waals surface area contributed by atoms with Crippen LogP contribution >= 0.6 is 11.6 Å². The lowest BCUT2D eigenvalue weighted by Gasteiger charge is -2.17. The maximum atomic E-state index is 5.89. The molecule has 1 unspecified atom stereocenters. The van der Waals surface area contributed by atoms with Crippen LogP contribution in [0.2, 0.25) is 5.28 Å². The number of hydrogen-bond acceptors (Lipinski definition) is 5. The molecule has 0 saturated heterocycles. The van der Waals surface area contributed by atoms with E-state index in [2.05, 4.69) is 46.0 Å². The molecule has 7 heteroatoms. The Kier molecular flexibility index (Phi) is 3.76. The number of aromatic nitrogens is 5. The molecule has 2 heterocycles. The van der Waals surface area contributed by atoms with E-state index in [-0.39, 0.29) is 11.3 Å². The van der Waals surface area contributed by atoms with Crippen LogP contribution in [0, 0.1) is 5.92 Å². The molecule has 0 spiro atoms. The van der Waals surface area contributed by atoms with Crippen LogP contribution in [0.25, 0.3) is 5.95 Å². The third kappa shape index (κ3) is 2.95. The van der Waals surface area contributed by atoms with Crippen LogP contribution in [0.1, 0.15) is 20.8 Å². The average Bonchev–Trinajstić information content (AvgIpc) is 2.81. The van der Waals surface area contributed by atoms with Gasteiger partial charge in [-0.15, -0.1) is 0 Å². The van der Waals surface area contributed by atoms with E-state index >= 15 is 0 Å². The monoisotopic (exact) mass is 266 g/mol. The van der Waals surface area contributed by atoms with Crippen molar-refractivity contribution >= 4 is 17.5 Å². The largest absolute Gasteiger partial charge is 0.351 e. The van der Waals surface area contributed by atoms with E-state index in [1.165, 1.54) is 0 Å². The van der Waals surface area contributed by atoms with Gasteiger partial charge in [-0.05, 0) is 24.4 Å². The van der Waals surface area contributed by atoms with Gasteiger partial charge >= 0.3 is 0 Å². The van der Waals surface area contributed by atoms with Crippen molar-refractivity contribution in [1.29, 1.82) is 0 Å². The highest BCUT2D eigenvalue weighted by atomic mass is 35.5. The highest BCUT2D eigenvalue weighted by Gasteiger charge is 2.11. The van der Waals surface area contributed by atoms with Crippen molar-refractivity contribution in [3.8, 4) is 5.95 Å². The summed E-state index contributed by atoms with van der Waals surface area (Å²) in [7, 11) is 0. The summed E-state index contributed by atoms with van der Waals surface area (Å²) in [4.78, 5) is 16.4. The van der Waals surface area contributed by atoms with Gasteiger partial charge < -0.3 is 5.32 Å². The van der Waals surface area contributed by atoms with E-state index in [1.807, 2.05) is 0 Å². The minimum atomic E-state index is 0.159. The van der Waals surface area contributed by atoms with Gasteiger partial charge in [0.1, 0.15) is 6.33 Å². The summed E-state index contributed by atoms with van der Waals surface area (Å²) in [6.45, 7) is 6.31. The van der Waals surface area contributed by atoms with Crippen molar-refractivity contribution in [2.75, 3.05) is 5.32 Å². The van der Waals surface area contributed by atoms with Crippen LogP contribution in [-0.4, -0.2) is 30.5 Å². The van der Waals surface area contributed by atoms with E-state index in [9.17, 15) is 0 Å². The first kappa shape index (κ1) is 12.8. The molecule has 2 aromatic heterocycles. The molecule has 0 bridgehead atoms. The first-order chi connectivity index (χ1) is 8.56. The maximum Gasteiger partial charge on any atom is 0.241 e. The van der Waals surface area contributed by atoms with Gasteiger partial charge in [-0.3, -0.25) is 4.57 Å². The van der Waals surface area contributed by atoms with Gasteiger partial charge in [0.15, 0.2) is 0 Å². The fourth-order valence-electron chi connectivity index (χ4n) is 1.27. The van der Waals surface area contributed by atoms with Crippen molar-refractivity contribution in [3.05, 3.63) is 24.0 Å². The molecule has 0 aromatic carbocycles. The Balaban J connectivity index is 2.27. The summed E-state index contributed by atoms with van der Waals surface area (Å²) in [6.07, 6.45) is 5.02. The van der Waals surface area contributed by atoms with Gasteiger partial charge in [-0.2, -0.15) is 15.0 Å². The predicted octanol–water partition coefficient (Wildman–Crippen LogP) is 2.17. The zero-order valence-electron chi connectivity index (χ0n) is 10.5. The first-order valence-electron chi connectivity index (χ1n) is 5.72. The molecular formula is C11H15ClN6. The van der Waals surface area contributed by atoms with Gasteiger partial charge in [0.2, 0.25) is 17.2 Å². The smallest absolute Gasteiger partial charge is 0.241 e. The van der Waals surface area contributed by atoms with E-state index in [0.717, 1.165) is 0 Å². The maximum absolute atomic E-state index is 5.89. The fourth-order valence-corrected chi connectivity index (χ4v) is 1.42.